The number of aromatic nitrogens is 4. The van der Waals surface area contributed by atoms with E-state index in [2.05, 4.69) is 62.4 Å². The standard InChI is InChI=1S/C18H22N6/c1-12-4-3-5-16(13(12)2)23-17-15-10-22-24(18(15)21-11-20-17)14-6-8-19-9-7-14/h3-5,10-11,14,19H,6-9H2,1-2H3,(H,20,21,23). The number of rotatable bonds is 3. The molecule has 1 aliphatic rings. The monoisotopic (exact) mass is 322 g/mol. The van der Waals surface area contributed by atoms with Gasteiger partial charge in [-0.25, -0.2) is 14.6 Å². The molecule has 3 heterocycles. The molecule has 0 unspecified atom stereocenters. The zero-order chi connectivity index (χ0) is 16.5. The van der Waals surface area contributed by atoms with E-state index in [1.54, 1.807) is 6.33 Å². The van der Waals surface area contributed by atoms with Crippen LogP contribution in [0.15, 0.2) is 30.7 Å². The molecule has 1 fully saturated rings. The van der Waals surface area contributed by atoms with Gasteiger partial charge in [-0.3, -0.25) is 0 Å². The summed E-state index contributed by atoms with van der Waals surface area (Å²) in [6.07, 6.45) is 5.67. The maximum atomic E-state index is 4.61. The smallest absolute Gasteiger partial charge is 0.163 e. The molecule has 0 atom stereocenters. The van der Waals surface area contributed by atoms with E-state index in [0.717, 1.165) is 48.5 Å². The Morgan fingerprint density at radius 3 is 2.83 bits per heavy atom. The van der Waals surface area contributed by atoms with Gasteiger partial charge >= 0.3 is 0 Å². The van der Waals surface area contributed by atoms with Crippen molar-refractivity contribution in [1.29, 1.82) is 0 Å². The van der Waals surface area contributed by atoms with E-state index < -0.39 is 0 Å². The summed E-state index contributed by atoms with van der Waals surface area (Å²) < 4.78 is 2.06. The number of fused-ring (bicyclic) bond motifs is 1. The molecule has 1 aromatic carbocycles. The molecule has 1 saturated heterocycles. The van der Waals surface area contributed by atoms with Gasteiger partial charge in [-0.1, -0.05) is 12.1 Å². The Labute approximate surface area is 141 Å². The van der Waals surface area contributed by atoms with Crippen LogP contribution in [0.5, 0.6) is 0 Å². The van der Waals surface area contributed by atoms with Crippen molar-refractivity contribution in [3.8, 4) is 0 Å². The number of aryl methyl sites for hydroxylation is 1. The van der Waals surface area contributed by atoms with Crippen LogP contribution in [0.2, 0.25) is 0 Å². The van der Waals surface area contributed by atoms with Crippen LogP contribution >= 0.6 is 0 Å². The van der Waals surface area contributed by atoms with Crippen LogP contribution in [0, 0.1) is 13.8 Å². The highest BCUT2D eigenvalue weighted by molar-refractivity contribution is 5.88. The molecule has 0 radical (unpaired) electrons. The normalized spacial score (nSPS) is 15.8. The Morgan fingerprint density at radius 2 is 2.00 bits per heavy atom. The average Bonchev–Trinajstić information content (AvgIpc) is 3.05. The molecule has 0 bridgehead atoms. The lowest BCUT2D eigenvalue weighted by atomic mass is 10.1. The SMILES string of the molecule is Cc1cccc(Nc2ncnc3c2cnn3C2CCNCC2)c1C. The molecular weight excluding hydrogens is 300 g/mol. The van der Waals surface area contributed by atoms with Crippen molar-refractivity contribution in [1.82, 2.24) is 25.1 Å². The minimum Gasteiger partial charge on any atom is -0.339 e. The molecule has 24 heavy (non-hydrogen) atoms. The highest BCUT2D eigenvalue weighted by Gasteiger charge is 2.19. The fourth-order valence-corrected chi connectivity index (χ4v) is 3.29. The van der Waals surface area contributed by atoms with Crippen molar-refractivity contribution in [3.63, 3.8) is 0 Å². The van der Waals surface area contributed by atoms with Crippen molar-refractivity contribution in [2.75, 3.05) is 18.4 Å². The van der Waals surface area contributed by atoms with Crippen LogP contribution in [0.3, 0.4) is 0 Å². The van der Waals surface area contributed by atoms with Crippen molar-refractivity contribution in [2.24, 2.45) is 0 Å². The minimum absolute atomic E-state index is 0.409. The van der Waals surface area contributed by atoms with Crippen molar-refractivity contribution >= 4 is 22.5 Å². The number of hydrogen-bond donors (Lipinski definition) is 2. The predicted molar refractivity (Wildman–Crippen MR) is 95.7 cm³/mol. The summed E-state index contributed by atoms with van der Waals surface area (Å²) in [6, 6.07) is 6.66. The number of nitrogens with one attached hydrogen (secondary N) is 2. The highest BCUT2D eigenvalue weighted by Crippen LogP contribution is 2.28. The van der Waals surface area contributed by atoms with Crippen LogP contribution in [0.4, 0.5) is 11.5 Å². The van der Waals surface area contributed by atoms with Crippen LogP contribution in [0.1, 0.15) is 30.0 Å². The lowest BCUT2D eigenvalue weighted by Crippen LogP contribution is -2.29. The second kappa shape index (κ2) is 6.20. The van der Waals surface area contributed by atoms with Gasteiger partial charge in [0.15, 0.2) is 5.65 Å². The molecule has 0 amide bonds. The van der Waals surface area contributed by atoms with Gasteiger partial charge in [0.05, 0.1) is 17.6 Å². The molecule has 2 aromatic heterocycles. The Hall–Kier alpha value is -2.47. The van der Waals surface area contributed by atoms with Gasteiger partial charge < -0.3 is 10.6 Å². The van der Waals surface area contributed by atoms with Gasteiger partial charge in [0.25, 0.3) is 0 Å². The summed E-state index contributed by atoms with van der Waals surface area (Å²) >= 11 is 0. The van der Waals surface area contributed by atoms with E-state index in [9.17, 15) is 0 Å². The number of piperidine rings is 1. The lowest BCUT2D eigenvalue weighted by Gasteiger charge is -2.23. The van der Waals surface area contributed by atoms with Crippen molar-refractivity contribution in [2.45, 2.75) is 32.7 Å². The first-order chi connectivity index (χ1) is 11.7. The third-order valence-corrected chi connectivity index (χ3v) is 4.90. The zero-order valence-electron chi connectivity index (χ0n) is 14.1. The number of anilines is 2. The maximum Gasteiger partial charge on any atom is 0.163 e. The molecule has 0 saturated carbocycles. The van der Waals surface area contributed by atoms with Gasteiger partial charge in [0, 0.05) is 5.69 Å². The highest BCUT2D eigenvalue weighted by atomic mass is 15.3. The van der Waals surface area contributed by atoms with Crippen LogP contribution in [0.25, 0.3) is 11.0 Å². The Kier molecular flexibility index (Phi) is 3.90. The predicted octanol–water partition coefficient (Wildman–Crippen LogP) is 3.11. The summed E-state index contributed by atoms with van der Waals surface area (Å²) in [5.74, 6) is 0.814. The molecule has 6 nitrogen and oxygen atoms in total. The topological polar surface area (TPSA) is 67.7 Å². The van der Waals surface area contributed by atoms with Gasteiger partial charge in [-0.2, -0.15) is 5.10 Å². The number of nitrogens with zero attached hydrogens (tertiary/aromatic N) is 4. The fraction of sp³-hybridized carbons (Fsp3) is 0.389. The van der Waals surface area contributed by atoms with Crippen molar-refractivity contribution in [3.05, 3.63) is 41.9 Å². The Bertz CT molecular complexity index is 863. The largest absolute Gasteiger partial charge is 0.339 e. The molecule has 124 valence electrons. The summed E-state index contributed by atoms with van der Waals surface area (Å²) in [5, 5.41) is 12.4. The molecule has 3 aromatic rings. The Balaban J connectivity index is 1.72. The molecule has 2 N–H and O–H groups in total. The van der Waals surface area contributed by atoms with Crippen molar-refractivity contribution < 1.29 is 0 Å². The fourth-order valence-electron chi connectivity index (χ4n) is 3.29. The third-order valence-electron chi connectivity index (χ3n) is 4.90. The first kappa shape index (κ1) is 15.1. The molecule has 0 spiro atoms. The molecular formula is C18H22N6. The second-order valence-corrected chi connectivity index (χ2v) is 6.40. The average molecular weight is 322 g/mol. The van der Waals surface area contributed by atoms with E-state index in [0.29, 0.717) is 6.04 Å². The van der Waals surface area contributed by atoms with Gasteiger partial charge in [-0.15, -0.1) is 0 Å². The summed E-state index contributed by atoms with van der Waals surface area (Å²) in [7, 11) is 0. The number of hydrogen-bond acceptors (Lipinski definition) is 5. The van der Waals surface area contributed by atoms with E-state index in [4.69, 9.17) is 0 Å². The van der Waals surface area contributed by atoms with Crippen LogP contribution < -0.4 is 10.6 Å². The van der Waals surface area contributed by atoms with E-state index in [-0.39, 0.29) is 0 Å². The molecule has 6 heteroatoms. The quantitative estimate of drug-likeness (QED) is 0.775. The second-order valence-electron chi connectivity index (χ2n) is 6.40. The van der Waals surface area contributed by atoms with E-state index >= 15 is 0 Å². The number of benzene rings is 1. The first-order valence-corrected chi connectivity index (χ1v) is 8.46. The summed E-state index contributed by atoms with van der Waals surface area (Å²) in [4.78, 5) is 8.93. The zero-order valence-corrected chi connectivity index (χ0v) is 14.1. The van der Waals surface area contributed by atoms with Gasteiger partial charge in [0.1, 0.15) is 12.1 Å². The van der Waals surface area contributed by atoms with Crippen LogP contribution in [-0.2, 0) is 0 Å². The minimum atomic E-state index is 0.409. The third kappa shape index (κ3) is 2.63. The van der Waals surface area contributed by atoms with Gasteiger partial charge in [-0.05, 0) is 57.0 Å². The maximum absolute atomic E-state index is 4.61. The Morgan fingerprint density at radius 1 is 1.17 bits per heavy atom. The van der Waals surface area contributed by atoms with E-state index in [1.165, 1.54) is 11.1 Å². The molecule has 4 rings (SSSR count). The van der Waals surface area contributed by atoms with Crippen LogP contribution in [-0.4, -0.2) is 32.8 Å². The molecule has 1 aliphatic heterocycles. The van der Waals surface area contributed by atoms with Gasteiger partial charge in [0.2, 0.25) is 0 Å². The lowest BCUT2D eigenvalue weighted by molar-refractivity contribution is 0.349. The first-order valence-electron chi connectivity index (χ1n) is 8.46. The summed E-state index contributed by atoms with van der Waals surface area (Å²) in [6.45, 7) is 6.30. The van der Waals surface area contributed by atoms with E-state index in [1.807, 2.05) is 6.20 Å². The summed E-state index contributed by atoms with van der Waals surface area (Å²) in [5.41, 5.74) is 4.47. The molecule has 0 aliphatic carbocycles.